The van der Waals surface area contributed by atoms with Crippen LogP contribution in [0.3, 0.4) is 0 Å². The predicted octanol–water partition coefficient (Wildman–Crippen LogP) is 11.0. The molecule has 0 bridgehead atoms. The largest absolute Gasteiger partial charge is 0.356 e. The predicted molar refractivity (Wildman–Crippen MR) is 179 cm³/mol. The van der Waals surface area contributed by atoms with Crippen LogP contribution in [0.1, 0.15) is 0 Å². The lowest BCUT2D eigenvalue weighted by molar-refractivity contribution is 1.19. The Balaban J connectivity index is 1.19. The fourth-order valence-electron chi connectivity index (χ4n) is 6.17. The summed E-state index contributed by atoms with van der Waals surface area (Å²) in [6.07, 6.45) is 0. The molecule has 0 saturated heterocycles. The number of rotatable bonds is 5. The molecule has 42 heavy (non-hydrogen) atoms. The topological polar surface area (TPSA) is 17.0 Å². The first-order valence-electron chi connectivity index (χ1n) is 14.4. The van der Waals surface area contributed by atoms with E-state index in [0.29, 0.717) is 0 Å². The molecular weight excluding hydrogens is 508 g/mol. The molecule has 1 aromatic heterocycles. The van der Waals surface area contributed by atoms with Crippen molar-refractivity contribution in [2.24, 2.45) is 0 Å². The minimum absolute atomic E-state index is 1.06. The molecule has 0 unspecified atom stereocenters. The van der Waals surface area contributed by atoms with E-state index in [1.807, 2.05) is 6.07 Å². The summed E-state index contributed by atoms with van der Waals surface area (Å²) < 4.78 is 2.45. The molecular formula is C40H28N2. The quantitative estimate of drug-likeness (QED) is 0.231. The third kappa shape index (κ3) is 4.13. The summed E-state index contributed by atoms with van der Waals surface area (Å²) in [5, 5.41) is 8.62. The van der Waals surface area contributed by atoms with E-state index in [4.69, 9.17) is 0 Å². The van der Waals surface area contributed by atoms with Gasteiger partial charge < -0.3 is 9.88 Å². The fourth-order valence-corrected chi connectivity index (χ4v) is 6.17. The molecule has 0 fully saturated rings. The van der Waals surface area contributed by atoms with Gasteiger partial charge in [-0.2, -0.15) is 0 Å². The van der Waals surface area contributed by atoms with Gasteiger partial charge in [-0.3, -0.25) is 0 Å². The van der Waals surface area contributed by atoms with Crippen molar-refractivity contribution in [2.45, 2.75) is 0 Å². The van der Waals surface area contributed by atoms with E-state index in [1.165, 1.54) is 60.5 Å². The van der Waals surface area contributed by atoms with Crippen LogP contribution in [0.4, 0.5) is 11.4 Å². The summed E-state index contributed by atoms with van der Waals surface area (Å²) in [5.41, 5.74) is 10.6. The number of aromatic nitrogens is 1. The van der Waals surface area contributed by atoms with Gasteiger partial charge in [0.25, 0.3) is 0 Å². The van der Waals surface area contributed by atoms with Crippen molar-refractivity contribution >= 4 is 44.0 Å². The van der Waals surface area contributed by atoms with Crippen LogP contribution in [0.2, 0.25) is 0 Å². The summed E-state index contributed by atoms with van der Waals surface area (Å²) >= 11 is 0. The molecule has 0 spiro atoms. The van der Waals surface area contributed by atoms with Crippen LogP contribution in [-0.2, 0) is 0 Å². The maximum atomic E-state index is 3.57. The summed E-state index contributed by atoms with van der Waals surface area (Å²) in [4.78, 5) is 0. The van der Waals surface area contributed by atoms with E-state index in [2.05, 4.69) is 168 Å². The van der Waals surface area contributed by atoms with Gasteiger partial charge in [0.1, 0.15) is 0 Å². The zero-order valence-corrected chi connectivity index (χ0v) is 23.0. The lowest BCUT2D eigenvalue weighted by Gasteiger charge is -2.15. The van der Waals surface area contributed by atoms with Crippen molar-refractivity contribution in [1.29, 1.82) is 0 Å². The molecule has 8 rings (SSSR count). The number of fused-ring (bicyclic) bond motifs is 5. The first-order chi connectivity index (χ1) is 20.8. The number of nitrogens with one attached hydrogen (secondary N) is 1. The zero-order chi connectivity index (χ0) is 27.9. The van der Waals surface area contributed by atoms with Crippen molar-refractivity contribution < 1.29 is 0 Å². The maximum Gasteiger partial charge on any atom is 0.0619 e. The van der Waals surface area contributed by atoms with Crippen molar-refractivity contribution in [2.75, 3.05) is 5.32 Å². The van der Waals surface area contributed by atoms with Crippen molar-refractivity contribution in [3.05, 3.63) is 164 Å². The number of anilines is 2. The fraction of sp³-hybridized carbons (Fsp3) is 0. The van der Waals surface area contributed by atoms with Crippen LogP contribution in [0.15, 0.2) is 164 Å². The highest BCUT2D eigenvalue weighted by Crippen LogP contribution is 2.39. The molecule has 8 aromatic rings. The Bertz CT molecular complexity index is 2190. The minimum Gasteiger partial charge on any atom is -0.356 e. The number of para-hydroxylation sites is 2. The number of hydrogen-bond acceptors (Lipinski definition) is 1. The van der Waals surface area contributed by atoms with Gasteiger partial charge >= 0.3 is 0 Å². The molecule has 1 heterocycles. The highest BCUT2D eigenvalue weighted by atomic mass is 15.0. The summed E-state index contributed by atoms with van der Waals surface area (Å²) in [5.74, 6) is 0. The molecule has 0 amide bonds. The highest BCUT2D eigenvalue weighted by Gasteiger charge is 2.17. The van der Waals surface area contributed by atoms with Gasteiger partial charge in [0.05, 0.1) is 16.7 Å². The molecule has 2 nitrogen and oxygen atoms in total. The second kappa shape index (κ2) is 10.1. The Labute approximate surface area is 245 Å². The third-order valence-corrected chi connectivity index (χ3v) is 8.18. The first kappa shape index (κ1) is 24.2. The molecule has 0 aliphatic heterocycles. The van der Waals surface area contributed by atoms with Crippen LogP contribution >= 0.6 is 0 Å². The monoisotopic (exact) mass is 536 g/mol. The molecule has 7 aromatic carbocycles. The highest BCUT2D eigenvalue weighted by molar-refractivity contribution is 6.18. The average molecular weight is 537 g/mol. The first-order valence-corrected chi connectivity index (χ1v) is 14.4. The Morgan fingerprint density at radius 3 is 1.76 bits per heavy atom. The average Bonchev–Trinajstić information content (AvgIpc) is 3.41. The third-order valence-electron chi connectivity index (χ3n) is 8.18. The number of benzene rings is 7. The van der Waals surface area contributed by atoms with Crippen LogP contribution in [0, 0.1) is 0 Å². The van der Waals surface area contributed by atoms with Crippen LogP contribution in [-0.4, -0.2) is 4.57 Å². The van der Waals surface area contributed by atoms with Gasteiger partial charge in [0.15, 0.2) is 0 Å². The Morgan fingerprint density at radius 1 is 0.381 bits per heavy atom. The number of nitrogens with zero attached hydrogens (tertiary/aromatic N) is 1. The molecule has 0 saturated carbocycles. The zero-order valence-electron chi connectivity index (χ0n) is 23.0. The van der Waals surface area contributed by atoms with Gasteiger partial charge in [0, 0.05) is 33.1 Å². The summed E-state index contributed by atoms with van der Waals surface area (Å²) in [6, 6.07) is 58.5. The van der Waals surface area contributed by atoms with E-state index in [0.717, 1.165) is 11.4 Å². The van der Waals surface area contributed by atoms with Gasteiger partial charge in [-0.05, 0) is 58.5 Å². The van der Waals surface area contributed by atoms with Crippen molar-refractivity contribution in [1.82, 2.24) is 4.57 Å². The molecule has 0 aliphatic rings. The number of hydrogen-bond donors (Lipinski definition) is 1. The van der Waals surface area contributed by atoms with Crippen molar-refractivity contribution in [3.8, 4) is 27.9 Å². The molecule has 1 N–H and O–H groups in total. The lowest BCUT2D eigenvalue weighted by Crippen LogP contribution is -1.98. The molecule has 0 atom stereocenters. The molecule has 198 valence electrons. The second-order valence-corrected chi connectivity index (χ2v) is 10.7. The smallest absolute Gasteiger partial charge is 0.0619 e. The van der Waals surface area contributed by atoms with E-state index in [1.54, 1.807) is 0 Å². The Hall–Kier alpha value is -5.60. The molecule has 2 heteroatoms. The van der Waals surface area contributed by atoms with E-state index >= 15 is 0 Å². The summed E-state index contributed by atoms with van der Waals surface area (Å²) in [6.45, 7) is 0. The second-order valence-electron chi connectivity index (χ2n) is 10.7. The van der Waals surface area contributed by atoms with E-state index in [-0.39, 0.29) is 0 Å². The minimum atomic E-state index is 1.06. The Kier molecular flexibility index (Phi) is 5.82. The van der Waals surface area contributed by atoms with Crippen LogP contribution in [0.25, 0.3) is 60.5 Å². The standard InChI is InChI=1S/C40H28N2/c1-2-10-28(11-3-1)29-18-23-32(24-19-29)41-33-25-20-31(21-26-33)34-13-6-8-16-38(34)42-39-17-9-7-15-36(39)37-27-22-30-12-4-5-14-35(30)40(37)42/h1-27,41H. The van der Waals surface area contributed by atoms with E-state index < -0.39 is 0 Å². The van der Waals surface area contributed by atoms with Gasteiger partial charge in [-0.25, -0.2) is 0 Å². The van der Waals surface area contributed by atoms with Crippen LogP contribution in [0.5, 0.6) is 0 Å². The lowest BCUT2D eigenvalue weighted by atomic mass is 10.0. The molecule has 0 radical (unpaired) electrons. The Morgan fingerprint density at radius 2 is 0.976 bits per heavy atom. The SMILES string of the molecule is c1ccc(-c2ccc(Nc3ccc(-c4ccccc4-n4c5ccccc5c5ccc6ccccc6c54)cc3)cc2)cc1. The van der Waals surface area contributed by atoms with Crippen LogP contribution < -0.4 is 5.32 Å². The van der Waals surface area contributed by atoms with Gasteiger partial charge in [0.2, 0.25) is 0 Å². The van der Waals surface area contributed by atoms with Crippen molar-refractivity contribution in [3.63, 3.8) is 0 Å². The normalized spacial score (nSPS) is 11.3. The van der Waals surface area contributed by atoms with E-state index in [9.17, 15) is 0 Å². The molecule has 0 aliphatic carbocycles. The van der Waals surface area contributed by atoms with Gasteiger partial charge in [-0.1, -0.05) is 127 Å². The van der Waals surface area contributed by atoms with Gasteiger partial charge in [-0.15, -0.1) is 0 Å². The summed E-state index contributed by atoms with van der Waals surface area (Å²) in [7, 11) is 0. The maximum absolute atomic E-state index is 3.57.